The van der Waals surface area contributed by atoms with Crippen molar-refractivity contribution in [1.82, 2.24) is 18.8 Å². The van der Waals surface area contributed by atoms with Crippen LogP contribution in [0.15, 0.2) is 180 Å². The van der Waals surface area contributed by atoms with Gasteiger partial charge in [0.05, 0.1) is 9.79 Å². The molecule has 6 aromatic carbocycles. The number of likely N-dealkylation sites (tertiary alicyclic amines) is 1. The summed E-state index contributed by atoms with van der Waals surface area (Å²) in [6.45, 7) is 4.60. The Morgan fingerprint density at radius 1 is 0.431 bits per heavy atom. The number of hydrogen-bond acceptors (Lipinski definition) is 6. The zero-order chi connectivity index (χ0) is 45.1. The van der Waals surface area contributed by atoms with E-state index < -0.39 is 20.0 Å². The van der Waals surface area contributed by atoms with Gasteiger partial charge >= 0.3 is 0 Å². The predicted octanol–water partition coefficient (Wildman–Crippen LogP) is 10.9. The summed E-state index contributed by atoms with van der Waals surface area (Å²) in [5, 5.41) is 3.30. The van der Waals surface area contributed by atoms with E-state index in [-0.39, 0.29) is 24.2 Å². The molecule has 6 aromatic rings. The van der Waals surface area contributed by atoms with Crippen molar-refractivity contribution in [3.8, 4) is 22.3 Å². The molecular weight excluding hydrogens is 868 g/mol. The molecule has 1 N–H and O–H groups in total. The van der Waals surface area contributed by atoms with E-state index in [1.54, 1.807) is 40.7 Å². The van der Waals surface area contributed by atoms with Crippen molar-refractivity contribution in [1.29, 1.82) is 0 Å². The van der Waals surface area contributed by atoms with Gasteiger partial charge in [0.15, 0.2) is 0 Å². The maximum atomic E-state index is 13.3. The molecule has 340 valence electrons. The number of sulfonamides is 2. The minimum atomic E-state index is -3.43. The van der Waals surface area contributed by atoms with Crippen molar-refractivity contribution >= 4 is 31.6 Å². The predicted molar refractivity (Wildman–Crippen MR) is 264 cm³/mol. The second-order valence-electron chi connectivity index (χ2n) is 17.5. The van der Waals surface area contributed by atoms with Crippen LogP contribution in [0.5, 0.6) is 0 Å². The number of rotatable bonds is 13. The summed E-state index contributed by atoms with van der Waals surface area (Å²) in [7, 11) is -6.76. The molecule has 11 heteroatoms. The normalized spacial score (nSPS) is 17.5. The van der Waals surface area contributed by atoms with Crippen molar-refractivity contribution < 1.29 is 16.8 Å². The van der Waals surface area contributed by atoms with Gasteiger partial charge in [-0.2, -0.15) is 8.61 Å². The molecule has 2 heterocycles. The number of alkyl halides is 1. The third-order valence-corrected chi connectivity index (χ3v) is 17.1. The van der Waals surface area contributed by atoms with Gasteiger partial charge in [0, 0.05) is 49.7 Å². The van der Waals surface area contributed by atoms with Gasteiger partial charge in [-0.25, -0.2) is 16.8 Å². The van der Waals surface area contributed by atoms with Gasteiger partial charge in [-0.1, -0.05) is 146 Å². The van der Waals surface area contributed by atoms with Crippen LogP contribution in [0.25, 0.3) is 22.3 Å². The van der Waals surface area contributed by atoms with Gasteiger partial charge in [-0.3, -0.25) is 4.90 Å². The van der Waals surface area contributed by atoms with E-state index in [1.807, 2.05) is 52.8 Å². The number of nitrogens with one attached hydrogen (secondary N) is 1. The van der Waals surface area contributed by atoms with E-state index in [9.17, 15) is 16.8 Å². The molecule has 0 amide bonds. The summed E-state index contributed by atoms with van der Waals surface area (Å²) < 4.78 is 56.0. The fourth-order valence-electron chi connectivity index (χ4n) is 8.97. The zero-order valence-corrected chi connectivity index (χ0v) is 39.4. The molecule has 10 rings (SSSR count). The summed E-state index contributed by atoms with van der Waals surface area (Å²) in [6, 6.07) is 56.4. The van der Waals surface area contributed by atoms with Crippen LogP contribution in [0.4, 0.5) is 0 Å². The topological polar surface area (TPSA) is 90.0 Å². The molecule has 0 bridgehead atoms. The summed E-state index contributed by atoms with van der Waals surface area (Å²) >= 11 is 5.73. The summed E-state index contributed by atoms with van der Waals surface area (Å²) in [6.07, 6.45) is 7.62. The summed E-state index contributed by atoms with van der Waals surface area (Å²) in [5.41, 5.74) is 7.41. The van der Waals surface area contributed by atoms with Crippen LogP contribution in [-0.2, 0) is 32.5 Å². The lowest BCUT2D eigenvalue weighted by molar-refractivity contribution is 0.150. The molecule has 4 aliphatic rings. The molecule has 2 saturated heterocycles. The number of hydrogen-bond donors (Lipinski definition) is 1. The Morgan fingerprint density at radius 3 is 1.15 bits per heavy atom. The molecule has 8 nitrogen and oxygen atoms in total. The molecule has 65 heavy (non-hydrogen) atoms. The quantitative estimate of drug-likeness (QED) is 0.116. The van der Waals surface area contributed by atoms with Crippen LogP contribution in [0, 0.1) is 0 Å². The Labute approximate surface area is 392 Å². The van der Waals surface area contributed by atoms with E-state index in [2.05, 4.69) is 95.1 Å². The number of benzene rings is 6. The Kier molecular flexibility index (Phi) is 16.0. The van der Waals surface area contributed by atoms with Crippen molar-refractivity contribution in [3.63, 3.8) is 0 Å². The van der Waals surface area contributed by atoms with E-state index in [0.29, 0.717) is 15.7 Å². The third-order valence-electron chi connectivity index (χ3n) is 12.7. The molecule has 0 radical (unpaired) electrons. The van der Waals surface area contributed by atoms with Gasteiger partial charge in [0.1, 0.15) is 0 Å². The van der Waals surface area contributed by atoms with Crippen LogP contribution in [0.3, 0.4) is 0 Å². The summed E-state index contributed by atoms with van der Waals surface area (Å²) in [4.78, 5) is 3.31. The lowest BCUT2D eigenvalue weighted by Gasteiger charge is -2.38. The van der Waals surface area contributed by atoms with E-state index in [1.165, 1.54) is 27.8 Å². The van der Waals surface area contributed by atoms with E-state index >= 15 is 0 Å². The van der Waals surface area contributed by atoms with Gasteiger partial charge in [0.25, 0.3) is 0 Å². The first-order chi connectivity index (χ1) is 31.7. The second kappa shape index (κ2) is 22.2. The van der Waals surface area contributed by atoms with Gasteiger partial charge in [-0.15, -0.1) is 11.6 Å². The van der Waals surface area contributed by atoms with Crippen molar-refractivity contribution in [2.24, 2.45) is 0 Å². The highest BCUT2D eigenvalue weighted by Gasteiger charge is 2.44. The zero-order valence-electron chi connectivity index (χ0n) is 37.0. The summed E-state index contributed by atoms with van der Waals surface area (Å²) in [5.74, 6) is 0.578. The van der Waals surface area contributed by atoms with E-state index in [0.717, 1.165) is 89.7 Å². The average molecular weight is 930 g/mol. The molecular formula is C54H61ClN4O4S2. The first kappa shape index (κ1) is 46.9. The highest BCUT2D eigenvalue weighted by Crippen LogP contribution is 2.38. The highest BCUT2D eigenvalue weighted by atomic mass is 35.5. The number of piperidine rings is 2. The first-order valence-corrected chi connectivity index (χ1v) is 26.6. The Bertz CT molecular complexity index is 2590. The molecule has 0 atom stereocenters. The molecule has 0 unspecified atom stereocenters. The average Bonchev–Trinajstić information content (AvgIpc) is 4.32. The number of nitrogens with zero attached hydrogens (tertiary/aromatic N) is 3. The fraction of sp³-hybridized carbons (Fsp3) is 0.333. The second-order valence-corrected chi connectivity index (χ2v) is 21.5. The van der Waals surface area contributed by atoms with Crippen LogP contribution < -0.4 is 5.32 Å². The largest absolute Gasteiger partial charge is 0.317 e. The third kappa shape index (κ3) is 12.4. The maximum Gasteiger partial charge on any atom is 0.243 e. The van der Waals surface area contributed by atoms with E-state index in [4.69, 9.17) is 11.6 Å². The van der Waals surface area contributed by atoms with Crippen LogP contribution >= 0.6 is 11.6 Å². The van der Waals surface area contributed by atoms with Gasteiger partial charge in [0.2, 0.25) is 20.0 Å². The van der Waals surface area contributed by atoms with Crippen molar-refractivity contribution in [2.45, 2.75) is 97.7 Å². The molecule has 2 aliphatic heterocycles. The number of halogens is 1. The van der Waals surface area contributed by atoms with Crippen LogP contribution in [0.1, 0.15) is 62.5 Å². The molecule has 2 aliphatic carbocycles. The Balaban J connectivity index is 0.000000147. The standard InChI is InChI=1S/C27H30N2O2S.C14H20N2O2S.C13H11Cl/c30-32(31,27-9-5-2-6-10-27)29(25-15-16-25)26-17-19-28(20-18-26)21-22-11-13-24(14-12-22)23-7-3-1-4-8-23;17-19(18,14-4-2-1-3-5-14)16(12-6-7-12)13-8-10-15-11-9-13;14-10-11-6-8-13(9-7-11)12-4-2-1-3-5-12/h1-14,25-26H,15-21H2;1-5,12-13,15H,6-11H2;1-9H,10H2. The molecule has 2 saturated carbocycles. The fourth-order valence-corrected chi connectivity index (χ4v) is 13.0. The SMILES string of the molecule is ClCc1ccc(-c2ccccc2)cc1.O=S(=O)(c1ccccc1)N(C1CC1)C1CCN(Cc2ccc(-c3ccccc3)cc2)CC1.O=S(=O)(c1ccccc1)N(C1CCNCC1)C1CC1. The Hall–Kier alpha value is -4.65. The van der Waals surface area contributed by atoms with Gasteiger partial charge in [-0.05, 0) is 122 Å². The highest BCUT2D eigenvalue weighted by molar-refractivity contribution is 7.89. The van der Waals surface area contributed by atoms with Crippen LogP contribution in [-0.4, -0.2) is 80.7 Å². The minimum Gasteiger partial charge on any atom is -0.317 e. The van der Waals surface area contributed by atoms with Crippen molar-refractivity contribution in [2.75, 3.05) is 26.2 Å². The lowest BCUT2D eigenvalue weighted by Crippen LogP contribution is -2.48. The molecule has 4 fully saturated rings. The Morgan fingerprint density at radius 2 is 0.769 bits per heavy atom. The van der Waals surface area contributed by atoms with Crippen LogP contribution in [0.2, 0.25) is 0 Å². The first-order valence-electron chi connectivity index (χ1n) is 23.2. The lowest BCUT2D eigenvalue weighted by atomic mass is 10.0. The maximum absolute atomic E-state index is 13.3. The monoisotopic (exact) mass is 928 g/mol. The van der Waals surface area contributed by atoms with Crippen molar-refractivity contribution in [3.05, 3.63) is 181 Å². The van der Waals surface area contributed by atoms with Gasteiger partial charge < -0.3 is 5.32 Å². The smallest absolute Gasteiger partial charge is 0.243 e. The molecule has 0 spiro atoms. The molecule has 0 aromatic heterocycles. The minimum absolute atomic E-state index is 0.101.